The fourth-order valence-electron chi connectivity index (χ4n) is 9.37. The zero-order valence-corrected chi connectivity index (χ0v) is 21.9. The van der Waals surface area contributed by atoms with E-state index in [2.05, 4.69) is 34.6 Å². The summed E-state index contributed by atoms with van der Waals surface area (Å²) in [5.74, 6) is 4.28. The Morgan fingerprint density at radius 3 is 2.45 bits per heavy atom. The molecule has 3 nitrogen and oxygen atoms in total. The molecule has 7 unspecified atom stereocenters. The molecule has 4 aliphatic carbocycles. The van der Waals surface area contributed by atoms with Crippen molar-refractivity contribution in [3.05, 3.63) is 11.1 Å². The third-order valence-electron chi connectivity index (χ3n) is 11.0. The molecule has 0 aromatic heterocycles. The van der Waals surface area contributed by atoms with Crippen molar-refractivity contribution >= 4 is 11.8 Å². The van der Waals surface area contributed by atoms with Crippen LogP contribution in [0.1, 0.15) is 118 Å². The SMILES string of the molecule is CC(C)CCCC(C)C1CCC2C3CCC4=C(CCC(=O)O)C(=O)CCC4(C)C3CCC12C. The lowest BCUT2D eigenvalue weighted by Crippen LogP contribution is -2.51. The zero-order chi connectivity index (χ0) is 24.0. The van der Waals surface area contributed by atoms with E-state index in [0.29, 0.717) is 24.2 Å². The third kappa shape index (κ3) is 4.47. The van der Waals surface area contributed by atoms with Gasteiger partial charge < -0.3 is 5.11 Å². The Morgan fingerprint density at radius 1 is 1.00 bits per heavy atom. The van der Waals surface area contributed by atoms with Gasteiger partial charge in [0.2, 0.25) is 0 Å². The number of allylic oxidation sites excluding steroid dienone is 1. The Labute approximate surface area is 202 Å². The highest BCUT2D eigenvalue weighted by atomic mass is 16.4. The Kier molecular flexibility index (Phi) is 7.19. The number of rotatable bonds is 8. The van der Waals surface area contributed by atoms with E-state index in [9.17, 15) is 14.7 Å². The van der Waals surface area contributed by atoms with E-state index in [-0.39, 0.29) is 17.6 Å². The molecule has 0 spiro atoms. The van der Waals surface area contributed by atoms with Crippen LogP contribution in [0.4, 0.5) is 0 Å². The molecular formula is C30H48O3. The van der Waals surface area contributed by atoms with E-state index >= 15 is 0 Å². The minimum absolute atomic E-state index is 0.0891. The Hall–Kier alpha value is -1.12. The summed E-state index contributed by atoms with van der Waals surface area (Å²) in [6, 6.07) is 0. The molecule has 33 heavy (non-hydrogen) atoms. The number of Topliss-reactive ketones (excluding diaryl/α,β-unsaturated/α-hetero) is 1. The predicted molar refractivity (Wildman–Crippen MR) is 134 cm³/mol. The van der Waals surface area contributed by atoms with Crippen molar-refractivity contribution in [1.29, 1.82) is 0 Å². The van der Waals surface area contributed by atoms with Crippen molar-refractivity contribution < 1.29 is 14.7 Å². The first kappa shape index (κ1) is 25.0. The van der Waals surface area contributed by atoms with Gasteiger partial charge in [-0.25, -0.2) is 0 Å². The van der Waals surface area contributed by atoms with Gasteiger partial charge >= 0.3 is 5.97 Å². The van der Waals surface area contributed by atoms with Crippen LogP contribution in [0.15, 0.2) is 11.1 Å². The van der Waals surface area contributed by atoms with E-state index in [0.717, 1.165) is 48.0 Å². The van der Waals surface area contributed by atoms with Crippen LogP contribution in [0, 0.1) is 46.3 Å². The zero-order valence-electron chi connectivity index (χ0n) is 21.9. The molecule has 0 aromatic carbocycles. The highest BCUT2D eigenvalue weighted by Gasteiger charge is 2.59. The average Bonchev–Trinajstić information content (AvgIpc) is 3.10. The predicted octanol–water partition coefficient (Wildman–Crippen LogP) is 7.83. The fourth-order valence-corrected chi connectivity index (χ4v) is 9.37. The lowest BCUT2D eigenvalue weighted by atomic mass is 9.46. The van der Waals surface area contributed by atoms with Gasteiger partial charge in [-0.3, -0.25) is 9.59 Å². The molecule has 1 N–H and O–H groups in total. The Bertz CT molecular complexity index is 794. The van der Waals surface area contributed by atoms with Gasteiger partial charge in [-0.05, 0) is 103 Å². The third-order valence-corrected chi connectivity index (χ3v) is 11.0. The van der Waals surface area contributed by atoms with Crippen molar-refractivity contribution in [1.82, 2.24) is 0 Å². The summed E-state index contributed by atoms with van der Waals surface area (Å²) in [4.78, 5) is 24.0. The number of carbonyl (C=O) groups excluding carboxylic acids is 1. The maximum atomic E-state index is 12.8. The molecule has 186 valence electrons. The summed E-state index contributed by atoms with van der Waals surface area (Å²) in [6.45, 7) is 12.3. The number of carbonyl (C=O) groups is 2. The molecule has 0 radical (unpaired) electrons. The standard InChI is InChI=1S/C30H48O3/c1-19(2)7-6-8-20(3)23-12-13-24-21-9-11-25-22(10-14-28(32)33)27(31)16-18-30(25,5)26(21)15-17-29(23,24)4/h19-21,23-24,26H,6-18H2,1-5H3,(H,32,33). The first-order chi connectivity index (χ1) is 15.6. The lowest BCUT2D eigenvalue weighted by molar-refractivity contribution is -0.137. The molecule has 7 atom stereocenters. The largest absolute Gasteiger partial charge is 0.481 e. The lowest BCUT2D eigenvalue weighted by Gasteiger charge is -2.59. The van der Waals surface area contributed by atoms with Gasteiger partial charge in [0.15, 0.2) is 5.78 Å². The molecule has 4 aliphatic rings. The van der Waals surface area contributed by atoms with Crippen LogP contribution < -0.4 is 0 Å². The topological polar surface area (TPSA) is 54.4 Å². The van der Waals surface area contributed by atoms with Crippen LogP contribution in [0.3, 0.4) is 0 Å². The maximum Gasteiger partial charge on any atom is 0.303 e. The summed E-state index contributed by atoms with van der Waals surface area (Å²) in [5.41, 5.74) is 2.88. The minimum Gasteiger partial charge on any atom is -0.481 e. The van der Waals surface area contributed by atoms with E-state index in [1.54, 1.807) is 0 Å². The number of aliphatic carboxylic acids is 1. The summed E-state index contributed by atoms with van der Waals surface area (Å²) in [5, 5.41) is 9.23. The average molecular weight is 457 g/mol. The van der Waals surface area contributed by atoms with Gasteiger partial charge in [0.1, 0.15) is 0 Å². The van der Waals surface area contributed by atoms with Gasteiger partial charge in [0.05, 0.1) is 0 Å². The molecule has 0 amide bonds. The van der Waals surface area contributed by atoms with Crippen molar-refractivity contribution in [2.75, 3.05) is 0 Å². The highest BCUT2D eigenvalue weighted by Crippen LogP contribution is 2.68. The monoisotopic (exact) mass is 456 g/mol. The van der Waals surface area contributed by atoms with Crippen LogP contribution in [0.2, 0.25) is 0 Å². The van der Waals surface area contributed by atoms with Gasteiger partial charge in [-0.15, -0.1) is 0 Å². The molecule has 0 heterocycles. The Morgan fingerprint density at radius 2 is 1.76 bits per heavy atom. The van der Waals surface area contributed by atoms with Crippen molar-refractivity contribution in [2.24, 2.45) is 46.3 Å². The number of carboxylic acids is 1. The van der Waals surface area contributed by atoms with E-state index in [4.69, 9.17) is 0 Å². The van der Waals surface area contributed by atoms with E-state index in [1.165, 1.54) is 56.9 Å². The van der Waals surface area contributed by atoms with Crippen molar-refractivity contribution in [3.63, 3.8) is 0 Å². The second-order valence-corrected chi connectivity index (χ2v) is 13.1. The molecule has 4 rings (SSSR count). The molecular weight excluding hydrogens is 408 g/mol. The molecule has 0 bridgehead atoms. The quantitative estimate of drug-likeness (QED) is 0.405. The van der Waals surface area contributed by atoms with Crippen molar-refractivity contribution in [3.8, 4) is 0 Å². The van der Waals surface area contributed by atoms with E-state index in [1.807, 2.05) is 0 Å². The van der Waals surface area contributed by atoms with Crippen LogP contribution in [0.5, 0.6) is 0 Å². The number of hydrogen-bond donors (Lipinski definition) is 1. The van der Waals surface area contributed by atoms with Crippen LogP contribution in [-0.2, 0) is 9.59 Å². The molecule has 0 aliphatic heterocycles. The number of ketones is 1. The minimum atomic E-state index is -0.787. The van der Waals surface area contributed by atoms with Crippen LogP contribution in [0.25, 0.3) is 0 Å². The normalized spacial score (nSPS) is 39.3. The van der Waals surface area contributed by atoms with Crippen LogP contribution >= 0.6 is 0 Å². The first-order valence-electron chi connectivity index (χ1n) is 14.1. The summed E-state index contributed by atoms with van der Waals surface area (Å²) >= 11 is 0. The van der Waals surface area contributed by atoms with Crippen LogP contribution in [-0.4, -0.2) is 16.9 Å². The molecule has 0 saturated heterocycles. The number of hydrogen-bond acceptors (Lipinski definition) is 2. The fraction of sp³-hybridized carbons (Fsp3) is 0.867. The van der Waals surface area contributed by atoms with Gasteiger partial charge in [-0.2, -0.15) is 0 Å². The van der Waals surface area contributed by atoms with Gasteiger partial charge in [0, 0.05) is 12.8 Å². The van der Waals surface area contributed by atoms with Gasteiger partial charge in [0.25, 0.3) is 0 Å². The molecule has 3 heteroatoms. The summed E-state index contributed by atoms with van der Waals surface area (Å²) in [7, 11) is 0. The van der Waals surface area contributed by atoms with Gasteiger partial charge in [-0.1, -0.05) is 59.5 Å². The second kappa shape index (κ2) is 9.50. The maximum absolute atomic E-state index is 12.8. The van der Waals surface area contributed by atoms with Crippen molar-refractivity contribution in [2.45, 2.75) is 118 Å². The van der Waals surface area contributed by atoms with E-state index < -0.39 is 5.97 Å². The molecule has 3 saturated carbocycles. The number of fused-ring (bicyclic) bond motifs is 5. The Balaban J connectivity index is 1.53. The smallest absolute Gasteiger partial charge is 0.303 e. The first-order valence-corrected chi connectivity index (χ1v) is 14.1. The highest BCUT2D eigenvalue weighted by molar-refractivity contribution is 5.97. The molecule has 0 aromatic rings. The molecule has 3 fully saturated rings. The summed E-state index contributed by atoms with van der Waals surface area (Å²) < 4.78 is 0. The summed E-state index contributed by atoms with van der Waals surface area (Å²) in [6.07, 6.45) is 14.0. The number of carboxylic acid groups (broad SMARTS) is 1. The second-order valence-electron chi connectivity index (χ2n) is 13.1.